The Labute approximate surface area is 124 Å². The quantitative estimate of drug-likeness (QED) is 0.945. The topological polar surface area (TPSA) is 76.4 Å². The van der Waals surface area contributed by atoms with Crippen molar-refractivity contribution in [2.45, 2.75) is 32.6 Å². The Morgan fingerprint density at radius 2 is 1.67 bits per heavy atom. The van der Waals surface area contributed by atoms with E-state index in [9.17, 15) is 13.2 Å². The van der Waals surface area contributed by atoms with E-state index in [1.807, 2.05) is 0 Å². The maximum absolute atomic E-state index is 12.3. The van der Waals surface area contributed by atoms with E-state index >= 15 is 0 Å². The van der Waals surface area contributed by atoms with Crippen LogP contribution in [0.5, 0.6) is 0 Å². The minimum absolute atomic E-state index is 0.0915. The first-order valence-corrected chi connectivity index (χ1v) is 7.91. The van der Waals surface area contributed by atoms with Crippen molar-refractivity contribution >= 4 is 15.9 Å². The lowest BCUT2D eigenvalue weighted by Crippen LogP contribution is -2.31. The molecule has 1 aromatic carbocycles. The zero-order chi connectivity index (χ0) is 15.8. The van der Waals surface area contributed by atoms with Gasteiger partial charge in [0.1, 0.15) is 11.5 Å². The van der Waals surface area contributed by atoms with Gasteiger partial charge in [-0.05, 0) is 39.3 Å². The fourth-order valence-corrected chi connectivity index (χ4v) is 3.42. The number of carbonyl (C=O) groups is 1. The second kappa shape index (κ2) is 5.37. The van der Waals surface area contributed by atoms with E-state index in [2.05, 4.69) is 4.72 Å². The Morgan fingerprint density at radius 3 is 2.19 bits per heavy atom. The van der Waals surface area contributed by atoms with Crippen molar-refractivity contribution in [1.82, 2.24) is 4.72 Å². The van der Waals surface area contributed by atoms with Crippen LogP contribution in [0, 0.1) is 27.7 Å². The van der Waals surface area contributed by atoms with Crippen molar-refractivity contribution in [2.24, 2.45) is 0 Å². The van der Waals surface area contributed by atoms with Crippen molar-refractivity contribution in [2.75, 3.05) is 0 Å². The van der Waals surface area contributed by atoms with Gasteiger partial charge >= 0.3 is 0 Å². The minimum Gasteiger partial charge on any atom is -0.466 e. The van der Waals surface area contributed by atoms with Crippen molar-refractivity contribution in [3.05, 3.63) is 52.5 Å². The molecule has 2 rings (SSSR count). The number of amides is 1. The highest BCUT2D eigenvalue weighted by molar-refractivity contribution is 7.90. The number of rotatable bonds is 3. The molecule has 0 aliphatic heterocycles. The van der Waals surface area contributed by atoms with Gasteiger partial charge in [0.15, 0.2) is 0 Å². The Bertz CT molecular complexity index is 803. The average Bonchev–Trinajstić information content (AvgIpc) is 2.62. The summed E-state index contributed by atoms with van der Waals surface area (Å²) < 4.78 is 32.1. The highest BCUT2D eigenvalue weighted by Crippen LogP contribution is 2.21. The third kappa shape index (κ3) is 2.85. The number of hydrogen-bond acceptors (Lipinski definition) is 4. The van der Waals surface area contributed by atoms with Gasteiger partial charge in [0.25, 0.3) is 15.9 Å². The molecular formula is C15H17NO4S. The molecule has 0 fully saturated rings. The van der Waals surface area contributed by atoms with Gasteiger partial charge in [-0.1, -0.05) is 18.2 Å². The Morgan fingerprint density at radius 1 is 1.05 bits per heavy atom. The van der Waals surface area contributed by atoms with E-state index in [1.54, 1.807) is 45.9 Å². The van der Waals surface area contributed by atoms with Crippen LogP contribution in [0.4, 0.5) is 0 Å². The summed E-state index contributed by atoms with van der Waals surface area (Å²) in [7, 11) is -3.90. The smallest absolute Gasteiger partial charge is 0.268 e. The van der Waals surface area contributed by atoms with Crippen molar-refractivity contribution in [1.29, 1.82) is 0 Å². The molecule has 0 saturated heterocycles. The van der Waals surface area contributed by atoms with Gasteiger partial charge in [0, 0.05) is 5.56 Å². The van der Waals surface area contributed by atoms with Gasteiger partial charge < -0.3 is 4.42 Å². The molecule has 5 nitrogen and oxygen atoms in total. The van der Waals surface area contributed by atoms with E-state index < -0.39 is 15.9 Å². The van der Waals surface area contributed by atoms with Gasteiger partial charge in [-0.25, -0.2) is 13.1 Å². The van der Waals surface area contributed by atoms with E-state index in [-0.39, 0.29) is 10.5 Å². The molecule has 1 aromatic heterocycles. The summed E-state index contributed by atoms with van der Waals surface area (Å²) in [5.74, 6) is 0.332. The Kier molecular flexibility index (Phi) is 3.91. The molecule has 1 N–H and O–H groups in total. The SMILES string of the molecule is Cc1ccccc1S(=O)(=O)NC(=O)c1c(C)oc(C)c1C. The Balaban J connectivity index is 2.38. The molecule has 112 valence electrons. The predicted molar refractivity (Wildman–Crippen MR) is 78.8 cm³/mol. The second-order valence-electron chi connectivity index (χ2n) is 4.91. The summed E-state index contributed by atoms with van der Waals surface area (Å²) in [6, 6.07) is 6.50. The second-order valence-corrected chi connectivity index (χ2v) is 6.57. The van der Waals surface area contributed by atoms with Crippen molar-refractivity contribution in [3.8, 4) is 0 Å². The van der Waals surface area contributed by atoms with Gasteiger partial charge in [0.2, 0.25) is 0 Å². The maximum atomic E-state index is 12.3. The molecule has 6 heteroatoms. The molecule has 21 heavy (non-hydrogen) atoms. The molecule has 1 heterocycles. The molecule has 0 aliphatic rings. The summed E-state index contributed by atoms with van der Waals surface area (Å²) in [4.78, 5) is 12.3. The van der Waals surface area contributed by atoms with Crippen LogP contribution in [0.1, 0.15) is 33.0 Å². The zero-order valence-electron chi connectivity index (χ0n) is 12.4. The summed E-state index contributed by atoms with van der Waals surface area (Å²) in [6.07, 6.45) is 0. The van der Waals surface area contributed by atoms with Crippen molar-refractivity contribution < 1.29 is 17.6 Å². The molecule has 0 bridgehead atoms. The number of aryl methyl sites for hydroxylation is 3. The molecule has 2 aromatic rings. The lowest BCUT2D eigenvalue weighted by molar-refractivity contribution is 0.0979. The fraction of sp³-hybridized carbons (Fsp3) is 0.267. The molecule has 1 amide bonds. The standard InChI is InChI=1S/C15H17NO4S/c1-9-7-5-6-8-13(9)21(18,19)16-15(17)14-10(2)11(3)20-12(14)4/h5-8H,1-4H3,(H,16,17). The van der Waals surface area contributed by atoms with Crippen molar-refractivity contribution in [3.63, 3.8) is 0 Å². The van der Waals surface area contributed by atoms with Crippen LogP contribution in [0.2, 0.25) is 0 Å². The number of carbonyl (C=O) groups excluding carboxylic acids is 1. The van der Waals surface area contributed by atoms with Crippen LogP contribution in [0.3, 0.4) is 0 Å². The van der Waals surface area contributed by atoms with Gasteiger partial charge in [-0.2, -0.15) is 0 Å². The van der Waals surface area contributed by atoms with E-state index in [0.29, 0.717) is 22.6 Å². The highest BCUT2D eigenvalue weighted by Gasteiger charge is 2.24. The number of furan rings is 1. The van der Waals surface area contributed by atoms with Crippen LogP contribution in [-0.2, 0) is 10.0 Å². The van der Waals surface area contributed by atoms with E-state index in [4.69, 9.17) is 4.42 Å². The fourth-order valence-electron chi connectivity index (χ4n) is 2.21. The molecule has 0 radical (unpaired) electrons. The lowest BCUT2D eigenvalue weighted by Gasteiger charge is -2.09. The number of hydrogen-bond donors (Lipinski definition) is 1. The molecule has 0 spiro atoms. The van der Waals surface area contributed by atoms with Crippen LogP contribution in [0.15, 0.2) is 33.6 Å². The third-order valence-corrected chi connectivity index (χ3v) is 4.89. The maximum Gasteiger partial charge on any atom is 0.268 e. The van der Waals surface area contributed by atoms with Gasteiger partial charge in [-0.15, -0.1) is 0 Å². The summed E-state index contributed by atoms with van der Waals surface area (Å²) in [5.41, 5.74) is 1.49. The summed E-state index contributed by atoms with van der Waals surface area (Å²) in [5, 5.41) is 0. The average molecular weight is 307 g/mol. The normalized spacial score (nSPS) is 11.4. The van der Waals surface area contributed by atoms with Gasteiger partial charge in [0.05, 0.1) is 10.5 Å². The number of nitrogens with one attached hydrogen (secondary N) is 1. The first-order valence-electron chi connectivity index (χ1n) is 6.43. The molecular weight excluding hydrogens is 290 g/mol. The third-order valence-electron chi connectivity index (χ3n) is 3.40. The van der Waals surface area contributed by atoms with Crippen LogP contribution in [0.25, 0.3) is 0 Å². The minimum atomic E-state index is -3.90. The monoisotopic (exact) mass is 307 g/mol. The predicted octanol–water partition coefficient (Wildman–Crippen LogP) is 2.63. The van der Waals surface area contributed by atoms with Crippen LogP contribution >= 0.6 is 0 Å². The number of sulfonamides is 1. The van der Waals surface area contributed by atoms with Crippen LogP contribution < -0.4 is 4.72 Å². The molecule has 0 unspecified atom stereocenters. The van der Waals surface area contributed by atoms with Gasteiger partial charge in [-0.3, -0.25) is 4.79 Å². The van der Waals surface area contributed by atoms with E-state index in [0.717, 1.165) is 0 Å². The number of benzene rings is 1. The summed E-state index contributed by atoms with van der Waals surface area (Å²) >= 11 is 0. The van der Waals surface area contributed by atoms with E-state index in [1.165, 1.54) is 6.07 Å². The Hall–Kier alpha value is -2.08. The highest BCUT2D eigenvalue weighted by atomic mass is 32.2. The van der Waals surface area contributed by atoms with Crippen LogP contribution in [-0.4, -0.2) is 14.3 Å². The lowest BCUT2D eigenvalue weighted by atomic mass is 10.1. The zero-order valence-corrected chi connectivity index (χ0v) is 13.2. The molecule has 0 saturated carbocycles. The molecule has 0 atom stereocenters. The summed E-state index contributed by atoms with van der Waals surface area (Å²) in [6.45, 7) is 6.77. The largest absolute Gasteiger partial charge is 0.466 e. The molecule has 0 aliphatic carbocycles. The first kappa shape index (κ1) is 15.3. The first-order chi connectivity index (χ1) is 9.74.